The van der Waals surface area contributed by atoms with Gasteiger partial charge in [-0.3, -0.25) is 14.6 Å². The molecule has 25 heavy (non-hydrogen) atoms. The fourth-order valence-electron chi connectivity index (χ4n) is 2.49. The van der Waals surface area contributed by atoms with Crippen LogP contribution in [0.25, 0.3) is 0 Å². The van der Waals surface area contributed by atoms with E-state index in [9.17, 15) is 14.7 Å². The molecule has 0 saturated carbocycles. The highest BCUT2D eigenvalue weighted by atomic mass is 16.4. The van der Waals surface area contributed by atoms with Crippen molar-refractivity contribution in [1.29, 1.82) is 0 Å². The van der Waals surface area contributed by atoms with E-state index >= 15 is 0 Å². The van der Waals surface area contributed by atoms with Crippen molar-refractivity contribution in [3.05, 3.63) is 65.0 Å². The molecule has 1 atom stereocenters. The van der Waals surface area contributed by atoms with Crippen LogP contribution in [0.5, 0.6) is 0 Å². The summed E-state index contributed by atoms with van der Waals surface area (Å²) in [5.74, 6) is -1.30. The fraction of sp³-hybridized carbons (Fsp3) is 0.350. The number of amides is 1. The Morgan fingerprint density at radius 2 is 1.76 bits per heavy atom. The van der Waals surface area contributed by atoms with Crippen molar-refractivity contribution in [3.63, 3.8) is 0 Å². The van der Waals surface area contributed by atoms with E-state index in [1.54, 1.807) is 12.1 Å². The number of rotatable bonds is 5. The Kier molecular flexibility index (Phi) is 5.57. The van der Waals surface area contributed by atoms with E-state index in [1.165, 1.54) is 6.20 Å². The molecule has 1 unspecified atom stereocenters. The SMILES string of the molecule is Cc1ccc(C(=O)NC(CC(=O)O)c2ccc(C(C)(C)C)cc2)cn1. The van der Waals surface area contributed by atoms with Gasteiger partial charge in [-0.05, 0) is 35.6 Å². The molecule has 132 valence electrons. The molecule has 5 nitrogen and oxygen atoms in total. The Hall–Kier alpha value is -2.69. The zero-order valence-electron chi connectivity index (χ0n) is 15.0. The number of hydrogen-bond acceptors (Lipinski definition) is 3. The summed E-state index contributed by atoms with van der Waals surface area (Å²) in [4.78, 5) is 27.7. The topological polar surface area (TPSA) is 79.3 Å². The third-order valence-corrected chi connectivity index (χ3v) is 4.04. The lowest BCUT2D eigenvalue weighted by Gasteiger charge is -2.22. The van der Waals surface area contributed by atoms with Crippen LogP contribution in [0.4, 0.5) is 0 Å². The number of pyridine rings is 1. The van der Waals surface area contributed by atoms with Crippen LogP contribution >= 0.6 is 0 Å². The molecule has 0 aliphatic rings. The predicted octanol–water partition coefficient (Wildman–Crippen LogP) is 3.63. The third-order valence-electron chi connectivity index (χ3n) is 4.04. The molecule has 2 rings (SSSR count). The van der Waals surface area contributed by atoms with E-state index in [1.807, 2.05) is 31.2 Å². The summed E-state index contributed by atoms with van der Waals surface area (Å²) in [7, 11) is 0. The summed E-state index contributed by atoms with van der Waals surface area (Å²) >= 11 is 0. The highest BCUT2D eigenvalue weighted by Gasteiger charge is 2.20. The lowest BCUT2D eigenvalue weighted by molar-refractivity contribution is -0.137. The number of nitrogens with one attached hydrogen (secondary N) is 1. The monoisotopic (exact) mass is 340 g/mol. The second-order valence-electron chi connectivity index (χ2n) is 7.18. The smallest absolute Gasteiger partial charge is 0.305 e. The van der Waals surface area contributed by atoms with Gasteiger partial charge in [-0.15, -0.1) is 0 Å². The van der Waals surface area contributed by atoms with Crippen molar-refractivity contribution in [1.82, 2.24) is 10.3 Å². The van der Waals surface area contributed by atoms with Crippen LogP contribution in [0.2, 0.25) is 0 Å². The Morgan fingerprint density at radius 3 is 2.24 bits per heavy atom. The molecule has 0 aliphatic heterocycles. The summed E-state index contributed by atoms with van der Waals surface area (Å²) in [6.07, 6.45) is 1.31. The maximum Gasteiger partial charge on any atom is 0.305 e. The van der Waals surface area contributed by atoms with Gasteiger partial charge in [-0.1, -0.05) is 45.0 Å². The second kappa shape index (κ2) is 7.47. The molecule has 1 amide bonds. The first-order valence-electron chi connectivity index (χ1n) is 8.22. The molecule has 0 fully saturated rings. The van der Waals surface area contributed by atoms with Gasteiger partial charge in [0.25, 0.3) is 5.91 Å². The molecule has 1 aromatic carbocycles. The van der Waals surface area contributed by atoms with Gasteiger partial charge in [0.15, 0.2) is 0 Å². The van der Waals surface area contributed by atoms with Crippen molar-refractivity contribution in [3.8, 4) is 0 Å². The number of nitrogens with zero attached hydrogens (tertiary/aromatic N) is 1. The average molecular weight is 340 g/mol. The average Bonchev–Trinajstić information content (AvgIpc) is 2.53. The van der Waals surface area contributed by atoms with Crippen LogP contribution in [0.1, 0.15) is 60.4 Å². The number of aromatic nitrogens is 1. The lowest BCUT2D eigenvalue weighted by Crippen LogP contribution is -2.30. The summed E-state index contributed by atoms with van der Waals surface area (Å²) < 4.78 is 0. The van der Waals surface area contributed by atoms with Gasteiger partial charge in [0.2, 0.25) is 0 Å². The summed E-state index contributed by atoms with van der Waals surface area (Å²) in [5, 5.41) is 12.0. The van der Waals surface area contributed by atoms with E-state index in [0.717, 1.165) is 16.8 Å². The first kappa shape index (κ1) is 18.6. The van der Waals surface area contributed by atoms with Gasteiger partial charge in [0.1, 0.15) is 0 Å². The number of aryl methyl sites for hydroxylation is 1. The minimum Gasteiger partial charge on any atom is -0.481 e. The molecule has 0 spiro atoms. The highest BCUT2D eigenvalue weighted by molar-refractivity contribution is 5.94. The first-order chi connectivity index (χ1) is 11.7. The molecule has 2 N–H and O–H groups in total. The van der Waals surface area contributed by atoms with Gasteiger partial charge < -0.3 is 10.4 Å². The van der Waals surface area contributed by atoms with Crippen LogP contribution in [0.3, 0.4) is 0 Å². The van der Waals surface area contributed by atoms with Gasteiger partial charge >= 0.3 is 5.97 Å². The third kappa shape index (κ3) is 5.14. The van der Waals surface area contributed by atoms with Crippen molar-refractivity contribution < 1.29 is 14.7 Å². The van der Waals surface area contributed by atoms with Crippen molar-refractivity contribution in [2.45, 2.75) is 45.6 Å². The zero-order valence-corrected chi connectivity index (χ0v) is 15.0. The molecule has 1 aromatic heterocycles. The fourth-order valence-corrected chi connectivity index (χ4v) is 2.49. The Labute approximate surface area is 148 Å². The minimum absolute atomic E-state index is 0.0115. The van der Waals surface area contributed by atoms with E-state index < -0.39 is 12.0 Å². The van der Waals surface area contributed by atoms with Crippen LogP contribution < -0.4 is 5.32 Å². The van der Waals surface area contributed by atoms with E-state index in [2.05, 4.69) is 31.1 Å². The number of hydrogen-bond donors (Lipinski definition) is 2. The lowest BCUT2D eigenvalue weighted by atomic mass is 9.86. The van der Waals surface area contributed by atoms with E-state index in [0.29, 0.717) is 5.56 Å². The van der Waals surface area contributed by atoms with Crippen LogP contribution in [-0.4, -0.2) is 22.0 Å². The van der Waals surface area contributed by atoms with Gasteiger partial charge in [-0.25, -0.2) is 0 Å². The number of aliphatic carboxylic acids is 1. The number of carbonyl (C=O) groups excluding carboxylic acids is 1. The molecular formula is C20H24N2O3. The summed E-state index contributed by atoms with van der Waals surface area (Å²) in [6, 6.07) is 10.5. The van der Waals surface area contributed by atoms with Crippen molar-refractivity contribution in [2.24, 2.45) is 0 Å². The molecule has 1 heterocycles. The first-order valence-corrected chi connectivity index (χ1v) is 8.22. The largest absolute Gasteiger partial charge is 0.481 e. The Bertz CT molecular complexity index is 744. The quantitative estimate of drug-likeness (QED) is 0.871. The summed E-state index contributed by atoms with van der Waals surface area (Å²) in [6.45, 7) is 8.18. The molecule has 5 heteroatoms. The molecule has 0 aliphatic carbocycles. The Morgan fingerprint density at radius 1 is 1.12 bits per heavy atom. The molecule has 0 saturated heterocycles. The minimum atomic E-state index is -0.966. The van der Waals surface area contributed by atoms with E-state index in [-0.39, 0.29) is 17.7 Å². The highest BCUT2D eigenvalue weighted by Crippen LogP contribution is 2.25. The molecule has 0 bridgehead atoms. The Balaban J connectivity index is 2.22. The van der Waals surface area contributed by atoms with Crippen molar-refractivity contribution in [2.75, 3.05) is 0 Å². The van der Waals surface area contributed by atoms with Gasteiger partial charge in [0, 0.05) is 11.9 Å². The number of carboxylic acids is 1. The maximum absolute atomic E-state index is 12.4. The van der Waals surface area contributed by atoms with Gasteiger partial charge in [0.05, 0.1) is 18.0 Å². The normalized spacial score (nSPS) is 12.5. The second-order valence-corrected chi connectivity index (χ2v) is 7.18. The summed E-state index contributed by atoms with van der Waals surface area (Å²) in [5.41, 5.74) is 3.16. The molecular weight excluding hydrogens is 316 g/mol. The number of carboxylic acid groups (broad SMARTS) is 1. The number of benzene rings is 1. The van der Waals surface area contributed by atoms with E-state index in [4.69, 9.17) is 0 Å². The number of carbonyl (C=O) groups is 2. The molecule has 0 radical (unpaired) electrons. The van der Waals surface area contributed by atoms with Gasteiger partial charge in [-0.2, -0.15) is 0 Å². The predicted molar refractivity (Wildman–Crippen MR) is 96.6 cm³/mol. The van der Waals surface area contributed by atoms with Crippen LogP contribution in [0.15, 0.2) is 42.6 Å². The standard InChI is InChI=1S/C20H24N2O3/c1-13-5-6-15(12-21-13)19(25)22-17(11-18(23)24)14-7-9-16(10-8-14)20(2,3)4/h5-10,12,17H,11H2,1-4H3,(H,22,25)(H,23,24). The zero-order chi connectivity index (χ0) is 18.6. The molecule has 2 aromatic rings. The maximum atomic E-state index is 12.4. The van der Waals surface area contributed by atoms with Crippen LogP contribution in [0, 0.1) is 6.92 Å². The van der Waals surface area contributed by atoms with Crippen molar-refractivity contribution >= 4 is 11.9 Å². The van der Waals surface area contributed by atoms with Crippen LogP contribution in [-0.2, 0) is 10.2 Å².